The van der Waals surface area contributed by atoms with E-state index in [-0.39, 0.29) is 40.2 Å². The molecule has 0 radical (unpaired) electrons. The average molecular weight is 417 g/mol. The van der Waals surface area contributed by atoms with Gasteiger partial charge in [-0.3, -0.25) is 4.79 Å². The molecule has 0 amide bonds. The molecule has 166 valence electrons. The smallest absolute Gasteiger partial charge is 0.333 e. The number of rotatable bonds is 3. The fraction of sp³-hybridized carbons (Fsp3) is 0.760. The van der Waals surface area contributed by atoms with E-state index in [1.165, 1.54) is 0 Å². The Labute approximate surface area is 179 Å². The Balaban J connectivity index is 1.75. The van der Waals surface area contributed by atoms with Gasteiger partial charge in [-0.05, 0) is 76.5 Å². The molecule has 0 unspecified atom stereocenters. The molecule has 8 atom stereocenters. The lowest BCUT2D eigenvalue weighted by molar-refractivity contribution is -0.223. The van der Waals surface area contributed by atoms with Gasteiger partial charge < -0.3 is 14.9 Å². The summed E-state index contributed by atoms with van der Waals surface area (Å²) >= 11 is 0. The van der Waals surface area contributed by atoms with Gasteiger partial charge >= 0.3 is 11.9 Å². The highest BCUT2D eigenvalue weighted by molar-refractivity contribution is 5.88. The number of ether oxygens (including phenoxy) is 1. The second-order valence-electron chi connectivity index (χ2n) is 11.0. The molecule has 2 bridgehead atoms. The van der Waals surface area contributed by atoms with Crippen LogP contribution in [0.5, 0.6) is 0 Å². The highest BCUT2D eigenvalue weighted by atomic mass is 16.5. The third-order valence-corrected chi connectivity index (χ3v) is 9.75. The predicted octanol–water partition coefficient (Wildman–Crippen LogP) is 4.50. The van der Waals surface area contributed by atoms with Gasteiger partial charge in [0.1, 0.15) is 6.10 Å². The predicted molar refractivity (Wildman–Crippen MR) is 114 cm³/mol. The number of carbonyl (C=O) groups excluding carboxylic acids is 1. The maximum atomic E-state index is 12.7. The van der Waals surface area contributed by atoms with E-state index in [1.54, 1.807) is 19.9 Å². The lowest BCUT2D eigenvalue weighted by Gasteiger charge is -2.65. The number of hydrogen-bond donors (Lipinski definition) is 2. The fourth-order valence-electron chi connectivity index (χ4n) is 7.84. The number of fused-ring (bicyclic) bond motifs is 3. The molecule has 0 heterocycles. The molecule has 3 fully saturated rings. The number of carboxylic acids is 1. The van der Waals surface area contributed by atoms with Gasteiger partial charge in [-0.25, -0.2) is 4.79 Å². The minimum atomic E-state index is -1.13. The molecule has 30 heavy (non-hydrogen) atoms. The van der Waals surface area contributed by atoms with Crippen molar-refractivity contribution in [3.05, 3.63) is 23.8 Å². The van der Waals surface area contributed by atoms with Gasteiger partial charge in [-0.15, -0.1) is 0 Å². The normalized spacial score (nSPS) is 49.9. The Kier molecular flexibility index (Phi) is 4.82. The van der Waals surface area contributed by atoms with Crippen LogP contribution in [0, 0.1) is 33.5 Å². The summed E-state index contributed by atoms with van der Waals surface area (Å²) in [5.41, 5.74) is -1.14. The highest BCUT2D eigenvalue weighted by Gasteiger charge is 2.70. The Morgan fingerprint density at radius 2 is 1.70 bits per heavy atom. The van der Waals surface area contributed by atoms with Crippen LogP contribution in [0.3, 0.4) is 0 Å². The van der Waals surface area contributed by atoms with Gasteiger partial charge in [-0.2, -0.15) is 0 Å². The number of aliphatic hydroxyl groups is 1. The van der Waals surface area contributed by atoms with E-state index in [2.05, 4.69) is 26.0 Å². The minimum Gasteiger partial charge on any atom is -0.481 e. The largest absolute Gasteiger partial charge is 0.481 e. The summed E-state index contributed by atoms with van der Waals surface area (Å²) < 4.78 is 6.20. The number of aliphatic carboxylic acids is 1. The molecular formula is C25H36O5. The van der Waals surface area contributed by atoms with E-state index in [1.807, 2.05) is 6.92 Å². The molecule has 4 aliphatic rings. The standard InChI is InChI=1S/C25H36O5/c1-6-15(2)19(27)30-20-22(3)10-7-17-23(4)11-9-18(26)24(5,21(28)29)16(23)8-12-25(17,20)14-13-22/h6,13-14,16-18,20,26H,7-12H2,1-5H3,(H,28,29)/b15-6+/t16-,17+,18+,20-,22+,23+,24-,25+/m0/s1. The number of allylic oxidation sites excluding steroid dienone is 1. The third-order valence-electron chi connectivity index (χ3n) is 9.75. The first-order valence-electron chi connectivity index (χ1n) is 11.4. The van der Waals surface area contributed by atoms with Crippen LogP contribution in [0.25, 0.3) is 0 Å². The van der Waals surface area contributed by atoms with Crippen molar-refractivity contribution in [2.24, 2.45) is 33.5 Å². The second kappa shape index (κ2) is 6.69. The highest BCUT2D eigenvalue weighted by Crippen LogP contribution is 2.72. The molecule has 0 aliphatic heterocycles. The number of hydrogen-bond acceptors (Lipinski definition) is 4. The van der Waals surface area contributed by atoms with Crippen molar-refractivity contribution in [3.8, 4) is 0 Å². The second-order valence-corrected chi connectivity index (χ2v) is 11.0. The SMILES string of the molecule is C/C=C(\C)C(=O)O[C@@H]1[C@]23C=C[C@@]1(C)CC[C@@H]2[C@]1(C)CC[C@@H](O)[C@@](C)(C(=O)O)[C@H]1CC3. The topological polar surface area (TPSA) is 83.8 Å². The van der Waals surface area contributed by atoms with E-state index in [0.29, 0.717) is 12.0 Å². The fourth-order valence-corrected chi connectivity index (χ4v) is 7.84. The number of aliphatic hydroxyl groups excluding tert-OH is 1. The molecule has 1 spiro atoms. The van der Waals surface area contributed by atoms with Crippen LogP contribution in [0.2, 0.25) is 0 Å². The minimum absolute atomic E-state index is 0.0890. The van der Waals surface area contributed by atoms with Crippen molar-refractivity contribution in [2.75, 3.05) is 0 Å². The van der Waals surface area contributed by atoms with Crippen LogP contribution in [-0.4, -0.2) is 34.4 Å². The van der Waals surface area contributed by atoms with Gasteiger partial charge in [0.2, 0.25) is 0 Å². The molecule has 5 heteroatoms. The van der Waals surface area contributed by atoms with Crippen molar-refractivity contribution >= 4 is 11.9 Å². The summed E-state index contributed by atoms with van der Waals surface area (Å²) in [7, 11) is 0. The number of carboxylic acid groups (broad SMARTS) is 1. The average Bonchev–Trinajstić information content (AvgIpc) is 2.85. The van der Waals surface area contributed by atoms with Crippen molar-refractivity contribution in [3.63, 3.8) is 0 Å². The lowest BCUT2D eigenvalue weighted by atomic mass is 9.39. The number of carbonyl (C=O) groups is 2. The molecule has 0 saturated heterocycles. The maximum Gasteiger partial charge on any atom is 0.333 e. The first kappa shape index (κ1) is 21.6. The first-order chi connectivity index (χ1) is 14.0. The van der Waals surface area contributed by atoms with Crippen molar-refractivity contribution < 1.29 is 24.5 Å². The zero-order valence-electron chi connectivity index (χ0n) is 18.9. The molecule has 2 N–H and O–H groups in total. The summed E-state index contributed by atoms with van der Waals surface area (Å²) in [6.45, 7) is 9.81. The van der Waals surface area contributed by atoms with Gasteiger partial charge in [0.25, 0.3) is 0 Å². The summed E-state index contributed by atoms with van der Waals surface area (Å²) in [6.07, 6.45) is 10.1. The monoisotopic (exact) mass is 416 g/mol. The van der Waals surface area contributed by atoms with Crippen LogP contribution in [0.1, 0.15) is 73.1 Å². The van der Waals surface area contributed by atoms with Gasteiger partial charge in [-0.1, -0.05) is 32.1 Å². The van der Waals surface area contributed by atoms with E-state index >= 15 is 0 Å². The summed E-state index contributed by atoms with van der Waals surface area (Å²) in [6, 6.07) is 0. The third kappa shape index (κ3) is 2.57. The molecule has 0 aromatic heterocycles. The van der Waals surface area contributed by atoms with Crippen LogP contribution >= 0.6 is 0 Å². The summed E-state index contributed by atoms with van der Waals surface area (Å²) in [4.78, 5) is 25.1. The molecule has 4 aliphatic carbocycles. The van der Waals surface area contributed by atoms with Gasteiger partial charge in [0.15, 0.2) is 0 Å². The Bertz CT molecular complexity index is 829. The lowest BCUT2D eigenvalue weighted by Crippen LogP contribution is -2.65. The van der Waals surface area contributed by atoms with Gasteiger partial charge in [0.05, 0.1) is 11.5 Å². The zero-order chi connectivity index (χ0) is 22.1. The molecule has 3 saturated carbocycles. The van der Waals surface area contributed by atoms with Crippen LogP contribution in [-0.2, 0) is 14.3 Å². The van der Waals surface area contributed by atoms with Crippen molar-refractivity contribution in [1.82, 2.24) is 0 Å². The van der Waals surface area contributed by atoms with E-state index in [0.717, 1.165) is 32.1 Å². The Hall–Kier alpha value is -1.62. The van der Waals surface area contributed by atoms with Crippen molar-refractivity contribution in [2.45, 2.75) is 85.4 Å². The van der Waals surface area contributed by atoms with E-state index in [9.17, 15) is 19.8 Å². The zero-order valence-corrected chi connectivity index (χ0v) is 18.9. The summed E-state index contributed by atoms with van der Waals surface area (Å²) in [5, 5.41) is 20.8. The van der Waals surface area contributed by atoms with Crippen LogP contribution in [0.15, 0.2) is 23.8 Å². The van der Waals surface area contributed by atoms with Crippen molar-refractivity contribution in [1.29, 1.82) is 0 Å². The number of esters is 1. The Morgan fingerprint density at radius 3 is 2.33 bits per heavy atom. The Morgan fingerprint density at radius 1 is 1.03 bits per heavy atom. The molecule has 0 aromatic rings. The van der Waals surface area contributed by atoms with Gasteiger partial charge in [0, 0.05) is 16.4 Å². The molecule has 4 rings (SSSR count). The molecular weight excluding hydrogens is 380 g/mol. The van der Waals surface area contributed by atoms with Crippen LogP contribution < -0.4 is 0 Å². The first-order valence-corrected chi connectivity index (χ1v) is 11.4. The maximum absolute atomic E-state index is 12.7. The summed E-state index contributed by atoms with van der Waals surface area (Å²) in [5.74, 6) is -0.991. The molecule has 5 nitrogen and oxygen atoms in total. The van der Waals surface area contributed by atoms with Crippen LogP contribution in [0.4, 0.5) is 0 Å². The van der Waals surface area contributed by atoms with E-state index in [4.69, 9.17) is 4.74 Å². The quantitative estimate of drug-likeness (QED) is 0.402. The van der Waals surface area contributed by atoms with E-state index < -0.39 is 17.5 Å². The molecule has 0 aromatic carbocycles.